The first-order chi connectivity index (χ1) is 6.54. The fourth-order valence-corrected chi connectivity index (χ4v) is 1.18. The molecule has 1 unspecified atom stereocenters. The van der Waals surface area contributed by atoms with Crippen LogP contribution in [0.2, 0.25) is 0 Å². The van der Waals surface area contributed by atoms with E-state index in [4.69, 9.17) is 10.4 Å². The molecule has 0 bridgehead atoms. The highest BCUT2D eigenvalue weighted by atomic mass is 16.4. The van der Waals surface area contributed by atoms with E-state index in [-0.39, 0.29) is 6.42 Å². The number of nitriles is 1. The van der Waals surface area contributed by atoms with Crippen molar-refractivity contribution in [3.8, 4) is 6.07 Å². The van der Waals surface area contributed by atoms with Crippen molar-refractivity contribution >= 4 is 5.97 Å². The van der Waals surface area contributed by atoms with Crippen molar-refractivity contribution in [2.24, 2.45) is 0 Å². The van der Waals surface area contributed by atoms with E-state index in [1.54, 1.807) is 0 Å². The van der Waals surface area contributed by atoms with Crippen LogP contribution in [0.5, 0.6) is 0 Å². The van der Waals surface area contributed by atoms with Crippen LogP contribution >= 0.6 is 0 Å². The zero-order valence-corrected chi connectivity index (χ0v) is 8.84. The molecule has 1 atom stereocenters. The summed E-state index contributed by atoms with van der Waals surface area (Å²) in [4.78, 5) is 10.3. The Kier molecular flexibility index (Phi) is 5.89. The highest BCUT2D eigenvalue weighted by molar-refractivity contribution is 5.66. The molecule has 0 spiro atoms. The zero-order chi connectivity index (χ0) is 11.0. The molecule has 4 nitrogen and oxygen atoms in total. The van der Waals surface area contributed by atoms with Gasteiger partial charge in [0.15, 0.2) is 0 Å². The maximum atomic E-state index is 10.3. The first kappa shape index (κ1) is 12.9. The van der Waals surface area contributed by atoms with E-state index in [1.807, 2.05) is 13.8 Å². The first-order valence-corrected chi connectivity index (χ1v) is 4.92. The lowest BCUT2D eigenvalue weighted by Crippen LogP contribution is -2.41. The van der Waals surface area contributed by atoms with Gasteiger partial charge in [-0.1, -0.05) is 6.92 Å². The van der Waals surface area contributed by atoms with Crippen molar-refractivity contribution in [3.63, 3.8) is 0 Å². The van der Waals surface area contributed by atoms with Crippen LogP contribution in [0.1, 0.15) is 39.5 Å². The van der Waals surface area contributed by atoms with Crippen LogP contribution < -0.4 is 5.32 Å². The van der Waals surface area contributed by atoms with Crippen LogP contribution in [-0.4, -0.2) is 23.2 Å². The van der Waals surface area contributed by atoms with E-state index in [1.165, 1.54) is 0 Å². The summed E-state index contributed by atoms with van der Waals surface area (Å²) >= 11 is 0. The van der Waals surface area contributed by atoms with Crippen LogP contribution in [0, 0.1) is 11.3 Å². The number of carbonyl (C=O) groups is 1. The van der Waals surface area contributed by atoms with E-state index >= 15 is 0 Å². The molecule has 0 aromatic rings. The summed E-state index contributed by atoms with van der Waals surface area (Å²) in [6.07, 6.45) is 2.22. The quantitative estimate of drug-likeness (QED) is 0.650. The summed E-state index contributed by atoms with van der Waals surface area (Å²) in [5, 5.41) is 20.5. The van der Waals surface area contributed by atoms with Crippen molar-refractivity contribution in [2.75, 3.05) is 6.54 Å². The van der Waals surface area contributed by atoms with Gasteiger partial charge in [0.1, 0.15) is 5.54 Å². The van der Waals surface area contributed by atoms with Crippen molar-refractivity contribution in [1.29, 1.82) is 5.26 Å². The molecular formula is C10H18N2O2. The van der Waals surface area contributed by atoms with Gasteiger partial charge in [0.05, 0.1) is 6.07 Å². The van der Waals surface area contributed by atoms with Gasteiger partial charge in [-0.15, -0.1) is 0 Å². The Morgan fingerprint density at radius 2 is 2.29 bits per heavy atom. The zero-order valence-electron chi connectivity index (χ0n) is 8.84. The molecule has 0 saturated heterocycles. The van der Waals surface area contributed by atoms with Crippen LogP contribution in [0.4, 0.5) is 0 Å². The predicted molar refractivity (Wildman–Crippen MR) is 53.8 cm³/mol. The van der Waals surface area contributed by atoms with Crippen LogP contribution in [0.25, 0.3) is 0 Å². The molecule has 2 N–H and O–H groups in total. The van der Waals surface area contributed by atoms with Gasteiger partial charge in [0, 0.05) is 6.42 Å². The lowest BCUT2D eigenvalue weighted by Gasteiger charge is -2.22. The van der Waals surface area contributed by atoms with E-state index in [0.717, 1.165) is 13.0 Å². The number of nitrogens with zero attached hydrogens (tertiary/aromatic N) is 1. The van der Waals surface area contributed by atoms with Gasteiger partial charge in [0.2, 0.25) is 0 Å². The summed E-state index contributed by atoms with van der Waals surface area (Å²) in [6, 6.07) is 2.18. The number of hydrogen-bond acceptors (Lipinski definition) is 3. The molecule has 0 rings (SSSR count). The second-order valence-electron chi connectivity index (χ2n) is 3.62. The summed E-state index contributed by atoms with van der Waals surface area (Å²) in [5.41, 5.74) is -0.578. The minimum atomic E-state index is -0.805. The lowest BCUT2D eigenvalue weighted by molar-refractivity contribution is -0.137. The maximum absolute atomic E-state index is 10.3. The van der Waals surface area contributed by atoms with Gasteiger partial charge in [0.25, 0.3) is 0 Å². The number of carboxylic acid groups (broad SMARTS) is 1. The minimum absolute atomic E-state index is 0.130. The molecule has 0 heterocycles. The fraction of sp³-hybridized carbons (Fsp3) is 0.800. The summed E-state index contributed by atoms with van der Waals surface area (Å²) in [6.45, 7) is 4.63. The molecule has 0 aliphatic rings. The number of rotatable bonds is 7. The second kappa shape index (κ2) is 6.39. The highest BCUT2D eigenvalue weighted by Crippen LogP contribution is 2.12. The Morgan fingerprint density at radius 3 is 2.71 bits per heavy atom. The molecule has 0 aliphatic carbocycles. The smallest absolute Gasteiger partial charge is 0.303 e. The van der Waals surface area contributed by atoms with Gasteiger partial charge in [-0.2, -0.15) is 5.26 Å². The Balaban J connectivity index is 3.88. The van der Waals surface area contributed by atoms with Crippen LogP contribution in [0.3, 0.4) is 0 Å². The monoisotopic (exact) mass is 198 g/mol. The Bertz CT molecular complexity index is 223. The average molecular weight is 198 g/mol. The minimum Gasteiger partial charge on any atom is -0.481 e. The van der Waals surface area contributed by atoms with Crippen molar-refractivity contribution in [2.45, 2.75) is 45.1 Å². The number of hydrogen-bond donors (Lipinski definition) is 2. The van der Waals surface area contributed by atoms with Crippen molar-refractivity contribution in [1.82, 2.24) is 5.32 Å². The Morgan fingerprint density at radius 1 is 1.64 bits per heavy atom. The van der Waals surface area contributed by atoms with Gasteiger partial charge in [-0.3, -0.25) is 10.1 Å². The summed E-state index contributed by atoms with van der Waals surface area (Å²) < 4.78 is 0. The Hall–Kier alpha value is -1.08. The molecule has 0 aromatic heterocycles. The topological polar surface area (TPSA) is 73.1 Å². The molecule has 0 saturated carbocycles. The molecule has 14 heavy (non-hydrogen) atoms. The molecule has 80 valence electrons. The SMILES string of the molecule is CCCNC(C)(C#N)CCCC(=O)O. The molecule has 0 aliphatic heterocycles. The Labute approximate surface area is 84.9 Å². The average Bonchev–Trinajstić information content (AvgIpc) is 2.14. The number of nitrogens with one attached hydrogen (secondary N) is 1. The highest BCUT2D eigenvalue weighted by Gasteiger charge is 2.22. The third-order valence-electron chi connectivity index (χ3n) is 2.08. The third-order valence-corrected chi connectivity index (χ3v) is 2.08. The van der Waals surface area contributed by atoms with Gasteiger partial charge in [-0.25, -0.2) is 0 Å². The normalized spacial score (nSPS) is 14.4. The van der Waals surface area contributed by atoms with E-state index < -0.39 is 11.5 Å². The molecule has 0 radical (unpaired) electrons. The van der Waals surface area contributed by atoms with Crippen molar-refractivity contribution in [3.05, 3.63) is 0 Å². The summed E-state index contributed by atoms with van der Waals surface area (Å²) in [5.74, 6) is -0.805. The fourth-order valence-electron chi connectivity index (χ4n) is 1.18. The molecule has 0 amide bonds. The maximum Gasteiger partial charge on any atom is 0.303 e. The van der Waals surface area contributed by atoms with Crippen molar-refractivity contribution < 1.29 is 9.90 Å². The number of carboxylic acids is 1. The van der Waals surface area contributed by atoms with Gasteiger partial charge in [-0.05, 0) is 32.7 Å². The molecule has 0 aromatic carbocycles. The molecular weight excluding hydrogens is 180 g/mol. The van der Waals surface area contributed by atoms with Crippen LogP contribution in [-0.2, 0) is 4.79 Å². The summed E-state index contributed by atoms with van der Waals surface area (Å²) in [7, 11) is 0. The van der Waals surface area contributed by atoms with E-state index in [2.05, 4.69) is 11.4 Å². The van der Waals surface area contributed by atoms with E-state index in [9.17, 15) is 4.79 Å². The standard InChI is InChI=1S/C10H18N2O2/c1-3-7-12-10(2,8-11)6-4-5-9(13)14/h12H,3-7H2,1-2H3,(H,13,14). The van der Waals surface area contributed by atoms with Crippen LogP contribution in [0.15, 0.2) is 0 Å². The lowest BCUT2D eigenvalue weighted by atomic mass is 9.96. The second-order valence-corrected chi connectivity index (χ2v) is 3.62. The largest absolute Gasteiger partial charge is 0.481 e. The molecule has 4 heteroatoms. The van der Waals surface area contributed by atoms with Gasteiger partial charge < -0.3 is 5.11 Å². The number of aliphatic carboxylic acids is 1. The first-order valence-electron chi connectivity index (χ1n) is 4.92. The third kappa shape index (κ3) is 5.55. The van der Waals surface area contributed by atoms with Gasteiger partial charge >= 0.3 is 5.97 Å². The predicted octanol–water partition coefficient (Wildman–Crippen LogP) is 1.52. The van der Waals surface area contributed by atoms with E-state index in [0.29, 0.717) is 12.8 Å². The molecule has 0 fully saturated rings.